The molecule has 10 heteroatoms. The van der Waals surface area contributed by atoms with Crippen LogP contribution in [-0.4, -0.2) is 94.8 Å². The van der Waals surface area contributed by atoms with Crippen LogP contribution >= 0.6 is 0 Å². The zero-order valence-corrected chi connectivity index (χ0v) is 31.2. The lowest BCUT2D eigenvalue weighted by Gasteiger charge is -2.26. The van der Waals surface area contributed by atoms with E-state index in [4.69, 9.17) is 9.73 Å². The van der Waals surface area contributed by atoms with Crippen LogP contribution in [0.15, 0.2) is 88.9 Å². The lowest BCUT2D eigenvalue weighted by Crippen LogP contribution is -2.29. The van der Waals surface area contributed by atoms with Crippen LogP contribution in [0.2, 0.25) is 0 Å². The van der Waals surface area contributed by atoms with Gasteiger partial charge in [-0.15, -0.1) is 0 Å². The van der Waals surface area contributed by atoms with Gasteiger partial charge in [0.05, 0.1) is 30.7 Å². The monoisotopic (exact) mass is 661 g/mol. The maximum Gasteiger partial charge on any atom is 0.247 e. The zero-order chi connectivity index (χ0) is 36.2. The molecule has 264 valence electrons. The summed E-state index contributed by atoms with van der Waals surface area (Å²) in [5.74, 6) is 0.882. The molecule has 0 aromatic heterocycles. The van der Waals surface area contributed by atoms with E-state index in [-0.39, 0.29) is 5.91 Å². The number of hydrogen-bond acceptors (Lipinski definition) is 7. The molecule has 1 aromatic carbocycles. The van der Waals surface area contributed by atoms with Gasteiger partial charge in [-0.05, 0) is 71.5 Å². The molecule has 0 bridgehead atoms. The largest absolute Gasteiger partial charge is 0.494 e. The van der Waals surface area contributed by atoms with Crippen LogP contribution in [0.3, 0.4) is 0 Å². The molecule has 2 N–H and O–H groups in total. The first-order valence-corrected chi connectivity index (χ1v) is 16.5. The normalized spacial score (nSPS) is 13.1. The second-order valence-corrected chi connectivity index (χ2v) is 11.9. The molecule has 1 aromatic rings. The summed E-state index contributed by atoms with van der Waals surface area (Å²) in [6.45, 7) is 15.6. The number of nitrogens with one attached hydrogen (secondary N) is 2. The smallest absolute Gasteiger partial charge is 0.247 e. The average Bonchev–Trinajstić information content (AvgIpc) is 3.06. The van der Waals surface area contributed by atoms with E-state index in [0.29, 0.717) is 29.5 Å². The van der Waals surface area contributed by atoms with E-state index < -0.39 is 0 Å². The molecule has 1 rings (SSSR count). The zero-order valence-electron chi connectivity index (χ0n) is 31.2. The highest BCUT2D eigenvalue weighted by atomic mass is 16.5. The number of allylic oxidation sites excluding steroid dienone is 6. The number of rotatable bonds is 20. The van der Waals surface area contributed by atoms with Crippen LogP contribution in [0, 0.1) is 0 Å². The average molecular weight is 662 g/mol. The van der Waals surface area contributed by atoms with E-state index in [0.717, 1.165) is 67.0 Å². The quantitative estimate of drug-likeness (QED) is 0.0509. The van der Waals surface area contributed by atoms with E-state index in [2.05, 4.69) is 51.8 Å². The third kappa shape index (κ3) is 13.7. The van der Waals surface area contributed by atoms with Crippen molar-refractivity contribution in [1.29, 1.82) is 0 Å². The minimum Gasteiger partial charge on any atom is -0.494 e. The summed E-state index contributed by atoms with van der Waals surface area (Å²) < 4.78 is 5.77. The number of methoxy groups -OCH3 is 1. The fourth-order valence-electron chi connectivity index (χ4n) is 4.66. The molecule has 0 aliphatic carbocycles. The highest BCUT2D eigenvalue weighted by Crippen LogP contribution is 2.37. The summed E-state index contributed by atoms with van der Waals surface area (Å²) >= 11 is 0. The molecule has 0 atom stereocenters. The van der Waals surface area contributed by atoms with Gasteiger partial charge in [0.25, 0.3) is 0 Å². The van der Waals surface area contributed by atoms with Gasteiger partial charge in [-0.25, -0.2) is 4.99 Å². The molecule has 0 spiro atoms. The Morgan fingerprint density at radius 3 is 2.27 bits per heavy atom. The lowest BCUT2D eigenvalue weighted by molar-refractivity contribution is -0.116. The Bertz CT molecular complexity index is 1400. The third-order valence-electron chi connectivity index (χ3n) is 7.52. The molecule has 0 aliphatic rings. The number of carbonyl (C=O) groups is 2. The van der Waals surface area contributed by atoms with Gasteiger partial charge in [0, 0.05) is 63.5 Å². The Morgan fingerprint density at radius 2 is 1.73 bits per heavy atom. The number of nitrogens with zero attached hydrogens (tertiary/aromatic N) is 5. The predicted molar refractivity (Wildman–Crippen MR) is 205 cm³/mol. The molecule has 0 saturated carbocycles. The molecule has 0 radical (unpaired) electrons. The Morgan fingerprint density at radius 1 is 1.02 bits per heavy atom. The Balaban J connectivity index is 3.73. The van der Waals surface area contributed by atoms with Crippen LogP contribution in [0.25, 0.3) is 0 Å². The lowest BCUT2D eigenvalue weighted by atomic mass is 10.1. The van der Waals surface area contributed by atoms with Crippen molar-refractivity contribution >= 4 is 35.2 Å². The van der Waals surface area contributed by atoms with E-state index >= 15 is 0 Å². The topological polar surface area (TPSA) is 92.8 Å². The summed E-state index contributed by atoms with van der Waals surface area (Å²) in [5.41, 5.74) is 5.90. The minimum absolute atomic E-state index is 0.312. The van der Waals surface area contributed by atoms with Gasteiger partial charge < -0.3 is 35.0 Å². The number of amides is 2. The van der Waals surface area contributed by atoms with Crippen molar-refractivity contribution in [3.05, 3.63) is 83.9 Å². The van der Waals surface area contributed by atoms with Crippen LogP contribution in [-0.2, 0) is 9.59 Å². The Kier molecular flexibility index (Phi) is 19.1. The number of likely N-dealkylation sites (N-methyl/N-ethyl adjacent to an activating group) is 3. The molecule has 2 amide bonds. The van der Waals surface area contributed by atoms with E-state index in [1.807, 2.05) is 98.6 Å². The molecule has 0 unspecified atom stereocenters. The highest BCUT2D eigenvalue weighted by molar-refractivity contribution is 6.03. The molecule has 10 nitrogen and oxygen atoms in total. The fourth-order valence-corrected chi connectivity index (χ4v) is 4.66. The first-order chi connectivity index (χ1) is 22.9. The van der Waals surface area contributed by atoms with E-state index in [9.17, 15) is 9.59 Å². The maximum atomic E-state index is 12.5. The Labute approximate surface area is 289 Å². The van der Waals surface area contributed by atoms with Gasteiger partial charge >= 0.3 is 0 Å². The van der Waals surface area contributed by atoms with Crippen molar-refractivity contribution in [1.82, 2.24) is 14.7 Å². The first kappa shape index (κ1) is 41.5. The molecule has 0 saturated heterocycles. The van der Waals surface area contributed by atoms with Crippen LogP contribution in [0.4, 0.5) is 17.1 Å². The number of ether oxygens (including phenoxy) is 1. The van der Waals surface area contributed by atoms with E-state index in [1.165, 1.54) is 6.08 Å². The number of amidine groups is 1. The second-order valence-electron chi connectivity index (χ2n) is 11.9. The van der Waals surface area contributed by atoms with Crippen molar-refractivity contribution in [3.63, 3.8) is 0 Å². The summed E-state index contributed by atoms with van der Waals surface area (Å²) in [6, 6.07) is 3.74. The summed E-state index contributed by atoms with van der Waals surface area (Å²) in [7, 11) is 11.6. The third-order valence-corrected chi connectivity index (χ3v) is 7.52. The van der Waals surface area contributed by atoms with Crippen molar-refractivity contribution in [2.24, 2.45) is 4.99 Å². The summed E-state index contributed by atoms with van der Waals surface area (Å²) in [5, 5.41) is 6.30. The van der Waals surface area contributed by atoms with E-state index in [1.54, 1.807) is 12.0 Å². The molecular weight excluding hydrogens is 602 g/mol. The van der Waals surface area contributed by atoms with Crippen molar-refractivity contribution in [3.8, 4) is 5.75 Å². The first-order valence-electron chi connectivity index (χ1n) is 16.5. The van der Waals surface area contributed by atoms with Crippen LogP contribution < -0.4 is 20.3 Å². The SMILES string of the molecule is C=CC(=O)Nc1cc(NC(C)=N/C=C(CN(C=O)C(/C=C\C=C/C)=C(C)CC)\C(=C\CCC)N(C)C)c(OC)cc1N(C)CCN(C)C. The number of benzene rings is 1. The molecule has 0 aliphatic heterocycles. The second kappa shape index (κ2) is 22.1. The van der Waals surface area contributed by atoms with Gasteiger partial charge in [-0.2, -0.15) is 0 Å². The van der Waals surface area contributed by atoms with Crippen LogP contribution in [0.5, 0.6) is 5.75 Å². The number of unbranched alkanes of at least 4 members (excludes halogenated alkanes) is 1. The molecule has 0 heterocycles. The number of anilines is 3. The van der Waals surface area contributed by atoms with Crippen molar-refractivity contribution < 1.29 is 14.3 Å². The van der Waals surface area contributed by atoms with Gasteiger partial charge in [0.2, 0.25) is 12.3 Å². The number of aliphatic imine (C=N–C) groups is 1. The Hall–Kier alpha value is -4.57. The standard InChI is InChI=1S/C38H59N7O3/c1-13-17-19-21-34(29(5)15-3)45(28-46)27-31(35(43(9)10)20-18-14-2)26-39-30(6)40-33-24-32(41-38(47)16-4)36(25-37(33)48-12)44(11)23-22-42(7)8/h13,16-17,19-21,24-26,28H,4,14-15,18,22-23,27H2,1-3,5-12H3,(H,39,40)(H,41,47)/b17-13-,21-19-,31-26-,34-29?,35-20-. The molecular formula is C38H59N7O3. The molecule has 48 heavy (non-hydrogen) atoms. The van der Waals surface area contributed by atoms with Crippen LogP contribution in [0.1, 0.15) is 53.9 Å². The molecule has 0 fully saturated rings. The maximum absolute atomic E-state index is 12.5. The summed E-state index contributed by atoms with van der Waals surface area (Å²) in [6.07, 6.45) is 16.6. The predicted octanol–water partition coefficient (Wildman–Crippen LogP) is 7.05. The van der Waals surface area contributed by atoms with Crippen molar-refractivity contribution in [2.75, 3.05) is 77.5 Å². The summed E-state index contributed by atoms with van der Waals surface area (Å²) in [4.78, 5) is 37.7. The minimum atomic E-state index is -0.312. The fraction of sp³-hybridized carbons (Fsp3) is 0.447. The number of carbonyl (C=O) groups excluding carboxylic acids is 2. The van der Waals surface area contributed by atoms with Gasteiger partial charge in [-0.3, -0.25) is 9.59 Å². The highest BCUT2D eigenvalue weighted by Gasteiger charge is 2.18. The van der Waals surface area contributed by atoms with Gasteiger partial charge in [0.1, 0.15) is 11.6 Å². The van der Waals surface area contributed by atoms with Gasteiger partial charge in [0.15, 0.2) is 0 Å². The van der Waals surface area contributed by atoms with Crippen molar-refractivity contribution in [2.45, 2.75) is 53.9 Å². The number of hydrogen-bond donors (Lipinski definition) is 2. The van der Waals surface area contributed by atoms with Gasteiger partial charge in [-0.1, -0.05) is 51.2 Å².